The molecule has 9 aromatic carbocycles. The van der Waals surface area contributed by atoms with E-state index in [1.54, 1.807) is 0 Å². The number of hydrogen-bond acceptors (Lipinski definition) is 4. The third kappa shape index (κ3) is 6.20. The topological polar surface area (TPSA) is 32.8 Å². The van der Waals surface area contributed by atoms with E-state index in [0.717, 1.165) is 99.5 Å². The van der Waals surface area contributed by atoms with E-state index in [9.17, 15) is 0 Å². The monoisotopic (exact) mass is 804 g/mol. The van der Waals surface area contributed by atoms with Crippen molar-refractivity contribution in [2.75, 3.05) is 9.80 Å². The van der Waals surface area contributed by atoms with Gasteiger partial charge in [-0.25, -0.2) is 0 Å². The summed E-state index contributed by atoms with van der Waals surface area (Å²) in [5.74, 6) is 0. The fraction of sp³-hybridized carbons (Fsp3) is 0.138. The van der Waals surface area contributed by atoms with E-state index in [0.29, 0.717) is 0 Å². The van der Waals surface area contributed by atoms with Crippen LogP contribution in [0, 0.1) is 55.4 Å². The molecular weight excluding hydrogens is 757 g/mol. The molecule has 0 unspecified atom stereocenters. The molecule has 2 aromatic heterocycles. The molecule has 0 fully saturated rings. The van der Waals surface area contributed by atoms with E-state index in [1.807, 2.05) is 0 Å². The number of nitrogens with zero attached hydrogens (tertiary/aromatic N) is 2. The van der Waals surface area contributed by atoms with Gasteiger partial charge in [0.1, 0.15) is 22.3 Å². The van der Waals surface area contributed by atoms with Gasteiger partial charge in [-0.1, -0.05) is 36.4 Å². The average Bonchev–Trinajstić information content (AvgIpc) is 3.79. The maximum atomic E-state index is 6.70. The molecule has 0 aliphatic carbocycles. The van der Waals surface area contributed by atoms with Crippen molar-refractivity contribution in [1.29, 1.82) is 0 Å². The quantitative estimate of drug-likeness (QED) is 0.168. The predicted molar refractivity (Wildman–Crippen MR) is 263 cm³/mol. The standard InChI is InChI=1S/C58H48N2O2/c1-33-9-15-45(21-37(33)5)59(46-16-10-34(2)38(6)22-46)49-19-13-41-27-51-53-31-58-54(32-57(53)61-55(51)29-43(41)25-49)52-28-42-14-20-50(26-44(42)30-56(52)62-58)60(47-17-11-35(3)39(7)23-47)48-18-12-36(4)40(8)24-48/h9-32H,1-8H3. The number of furan rings is 2. The summed E-state index contributed by atoms with van der Waals surface area (Å²) in [5, 5.41) is 8.83. The minimum Gasteiger partial charge on any atom is -0.456 e. The summed E-state index contributed by atoms with van der Waals surface area (Å²) in [4.78, 5) is 4.72. The van der Waals surface area contributed by atoms with Gasteiger partial charge in [0, 0.05) is 55.7 Å². The molecular formula is C58H48N2O2. The second kappa shape index (κ2) is 14.1. The fourth-order valence-corrected chi connectivity index (χ4v) is 9.14. The Morgan fingerprint density at radius 3 is 0.839 bits per heavy atom. The van der Waals surface area contributed by atoms with E-state index < -0.39 is 0 Å². The zero-order chi connectivity index (χ0) is 42.6. The molecule has 11 rings (SSSR count). The second-order valence-electron chi connectivity index (χ2n) is 17.6. The van der Waals surface area contributed by atoms with Gasteiger partial charge in [-0.15, -0.1) is 0 Å². The minimum atomic E-state index is 0.852. The van der Waals surface area contributed by atoms with E-state index >= 15 is 0 Å². The summed E-state index contributed by atoms with van der Waals surface area (Å²) >= 11 is 0. The van der Waals surface area contributed by atoms with Crippen molar-refractivity contribution in [2.45, 2.75) is 55.4 Å². The van der Waals surface area contributed by atoms with Gasteiger partial charge in [0.15, 0.2) is 0 Å². The molecule has 0 radical (unpaired) electrons. The Morgan fingerprint density at radius 2 is 0.516 bits per heavy atom. The summed E-state index contributed by atoms with van der Waals surface area (Å²) < 4.78 is 13.4. The van der Waals surface area contributed by atoms with E-state index in [4.69, 9.17) is 8.83 Å². The highest BCUT2D eigenvalue weighted by Gasteiger charge is 2.19. The van der Waals surface area contributed by atoms with Gasteiger partial charge in [-0.3, -0.25) is 0 Å². The number of hydrogen-bond donors (Lipinski definition) is 0. The summed E-state index contributed by atoms with van der Waals surface area (Å²) in [6.07, 6.45) is 0. The third-order valence-electron chi connectivity index (χ3n) is 13.5. The molecule has 62 heavy (non-hydrogen) atoms. The lowest BCUT2D eigenvalue weighted by molar-refractivity contribution is 0.664. The molecule has 4 nitrogen and oxygen atoms in total. The van der Waals surface area contributed by atoms with Crippen LogP contribution in [0.1, 0.15) is 44.5 Å². The Kier molecular flexibility index (Phi) is 8.59. The van der Waals surface area contributed by atoms with Crippen molar-refractivity contribution in [1.82, 2.24) is 0 Å². The van der Waals surface area contributed by atoms with Gasteiger partial charge in [0.25, 0.3) is 0 Å². The first-order valence-corrected chi connectivity index (χ1v) is 21.6. The first-order chi connectivity index (χ1) is 29.9. The Bertz CT molecular complexity index is 3300. The number of aryl methyl sites for hydroxylation is 8. The van der Waals surface area contributed by atoms with Crippen LogP contribution < -0.4 is 9.80 Å². The highest BCUT2D eigenvalue weighted by atomic mass is 16.3. The van der Waals surface area contributed by atoms with Crippen molar-refractivity contribution < 1.29 is 8.83 Å². The van der Waals surface area contributed by atoms with Gasteiger partial charge >= 0.3 is 0 Å². The van der Waals surface area contributed by atoms with Crippen LogP contribution in [0.15, 0.2) is 154 Å². The summed E-state index contributed by atoms with van der Waals surface area (Å²) in [7, 11) is 0. The largest absolute Gasteiger partial charge is 0.456 e. The number of fused-ring (bicyclic) bond motifs is 8. The smallest absolute Gasteiger partial charge is 0.136 e. The minimum absolute atomic E-state index is 0.852. The lowest BCUT2D eigenvalue weighted by atomic mass is 10.0. The molecule has 302 valence electrons. The SMILES string of the molecule is Cc1ccc(N(c2ccc(C)c(C)c2)c2ccc3cc4c(cc3c2)oc2cc3c(cc24)oc2cc4cc(N(c5ccc(C)c(C)c5)c5ccc(C)c(C)c5)ccc4cc23)cc1C. The van der Waals surface area contributed by atoms with Gasteiger partial charge in [-0.05, 0) is 231 Å². The Morgan fingerprint density at radius 1 is 0.242 bits per heavy atom. The number of anilines is 6. The van der Waals surface area contributed by atoms with Crippen molar-refractivity contribution in [3.8, 4) is 0 Å². The Balaban J connectivity index is 1.00. The van der Waals surface area contributed by atoms with Crippen LogP contribution >= 0.6 is 0 Å². The summed E-state index contributed by atoms with van der Waals surface area (Å²) in [6, 6.07) is 53.6. The van der Waals surface area contributed by atoms with E-state index in [2.05, 4.69) is 211 Å². The van der Waals surface area contributed by atoms with E-state index in [-0.39, 0.29) is 0 Å². The Labute approximate surface area is 362 Å². The molecule has 0 aliphatic rings. The molecule has 0 bridgehead atoms. The zero-order valence-electron chi connectivity index (χ0n) is 36.6. The predicted octanol–water partition coefficient (Wildman–Crippen LogP) is 17.2. The second-order valence-corrected chi connectivity index (χ2v) is 17.6. The number of benzene rings is 9. The summed E-state index contributed by atoms with van der Waals surface area (Å²) in [6.45, 7) is 17.4. The molecule has 2 heterocycles. The van der Waals surface area contributed by atoms with Crippen molar-refractivity contribution in [3.63, 3.8) is 0 Å². The lowest BCUT2D eigenvalue weighted by Gasteiger charge is -2.27. The molecule has 0 atom stereocenters. The van der Waals surface area contributed by atoms with Crippen LogP contribution in [-0.2, 0) is 0 Å². The molecule has 0 aliphatic heterocycles. The highest BCUT2D eigenvalue weighted by Crippen LogP contribution is 2.43. The number of rotatable bonds is 6. The van der Waals surface area contributed by atoms with Crippen molar-refractivity contribution in [3.05, 3.63) is 190 Å². The molecule has 4 heteroatoms. The van der Waals surface area contributed by atoms with Gasteiger partial charge < -0.3 is 18.6 Å². The summed E-state index contributed by atoms with van der Waals surface area (Å²) in [5.41, 5.74) is 20.4. The maximum absolute atomic E-state index is 6.70. The van der Waals surface area contributed by atoms with Crippen molar-refractivity contribution >= 4 is 99.5 Å². The van der Waals surface area contributed by atoms with Gasteiger partial charge in [-0.2, -0.15) is 0 Å². The first kappa shape index (κ1) is 37.7. The molecule has 0 N–H and O–H groups in total. The van der Waals surface area contributed by atoms with Crippen LogP contribution in [-0.4, -0.2) is 0 Å². The molecule has 0 spiro atoms. The normalized spacial score (nSPS) is 11.9. The van der Waals surface area contributed by atoms with Crippen LogP contribution in [0.4, 0.5) is 34.1 Å². The molecule has 0 saturated carbocycles. The van der Waals surface area contributed by atoms with Crippen LogP contribution in [0.2, 0.25) is 0 Å². The highest BCUT2D eigenvalue weighted by molar-refractivity contribution is 6.18. The van der Waals surface area contributed by atoms with E-state index in [1.165, 1.54) is 44.5 Å². The Hall–Kier alpha value is -7.30. The van der Waals surface area contributed by atoms with Gasteiger partial charge in [0.05, 0.1) is 0 Å². The molecule has 11 aromatic rings. The molecule has 0 saturated heterocycles. The lowest BCUT2D eigenvalue weighted by Crippen LogP contribution is -2.10. The maximum Gasteiger partial charge on any atom is 0.136 e. The zero-order valence-corrected chi connectivity index (χ0v) is 36.6. The van der Waals surface area contributed by atoms with Crippen LogP contribution in [0.3, 0.4) is 0 Å². The average molecular weight is 805 g/mol. The first-order valence-electron chi connectivity index (χ1n) is 21.6. The van der Waals surface area contributed by atoms with Crippen LogP contribution in [0.25, 0.3) is 65.4 Å². The van der Waals surface area contributed by atoms with Gasteiger partial charge in [0.2, 0.25) is 0 Å². The van der Waals surface area contributed by atoms with Crippen molar-refractivity contribution in [2.24, 2.45) is 0 Å². The molecule has 0 amide bonds. The third-order valence-corrected chi connectivity index (χ3v) is 13.5. The van der Waals surface area contributed by atoms with Crippen LogP contribution in [0.5, 0.6) is 0 Å². The fourth-order valence-electron chi connectivity index (χ4n) is 9.14.